The van der Waals surface area contributed by atoms with Crippen LogP contribution in [0, 0.1) is 13.8 Å². The molecule has 0 saturated heterocycles. The third-order valence-electron chi connectivity index (χ3n) is 4.23. The number of ether oxygens (including phenoxy) is 1. The highest BCUT2D eigenvalue weighted by atomic mass is 16.5. The molecule has 2 amide bonds. The van der Waals surface area contributed by atoms with E-state index in [0.717, 1.165) is 11.1 Å². The molecule has 0 unspecified atom stereocenters. The topological polar surface area (TPSA) is 103 Å². The van der Waals surface area contributed by atoms with Crippen LogP contribution in [-0.4, -0.2) is 23.0 Å². The SMILES string of the molecule is Cc1cccc(C)c1OCC(=O)NNC(=O)CCn1c(=O)oc2ccccc21. The molecule has 0 saturated carbocycles. The average molecular weight is 383 g/mol. The molecule has 0 radical (unpaired) electrons. The Balaban J connectivity index is 1.47. The lowest BCUT2D eigenvalue weighted by Gasteiger charge is -2.12. The Hall–Kier alpha value is -3.55. The lowest BCUT2D eigenvalue weighted by atomic mass is 10.1. The van der Waals surface area contributed by atoms with Crippen LogP contribution in [-0.2, 0) is 16.1 Å². The molecule has 2 N–H and O–H groups in total. The molecule has 8 heteroatoms. The first-order chi connectivity index (χ1) is 13.5. The summed E-state index contributed by atoms with van der Waals surface area (Å²) in [7, 11) is 0. The number of carbonyl (C=O) groups is 2. The molecule has 0 atom stereocenters. The van der Waals surface area contributed by atoms with Crippen LogP contribution in [0.2, 0.25) is 0 Å². The third kappa shape index (κ3) is 4.40. The van der Waals surface area contributed by atoms with Crippen molar-refractivity contribution in [3.8, 4) is 5.75 Å². The van der Waals surface area contributed by atoms with Gasteiger partial charge in [-0.15, -0.1) is 0 Å². The lowest BCUT2D eigenvalue weighted by molar-refractivity contribution is -0.130. The summed E-state index contributed by atoms with van der Waals surface area (Å²) in [6.45, 7) is 3.70. The number of nitrogens with zero attached hydrogens (tertiary/aromatic N) is 1. The van der Waals surface area contributed by atoms with Gasteiger partial charge in [-0.25, -0.2) is 4.79 Å². The van der Waals surface area contributed by atoms with Crippen LogP contribution in [0.25, 0.3) is 11.1 Å². The van der Waals surface area contributed by atoms with Crippen LogP contribution in [0.1, 0.15) is 17.5 Å². The summed E-state index contributed by atoms with van der Waals surface area (Å²) in [5.41, 5.74) is 7.54. The molecule has 3 aromatic rings. The number of rotatable bonds is 6. The molecular formula is C20H21N3O5. The van der Waals surface area contributed by atoms with Crippen molar-refractivity contribution < 1.29 is 18.7 Å². The molecular weight excluding hydrogens is 362 g/mol. The van der Waals surface area contributed by atoms with Gasteiger partial charge in [-0.2, -0.15) is 0 Å². The van der Waals surface area contributed by atoms with Crippen molar-refractivity contribution in [2.45, 2.75) is 26.8 Å². The van der Waals surface area contributed by atoms with Gasteiger partial charge in [0.1, 0.15) is 5.75 Å². The van der Waals surface area contributed by atoms with Gasteiger partial charge < -0.3 is 9.15 Å². The van der Waals surface area contributed by atoms with Gasteiger partial charge in [0.2, 0.25) is 5.91 Å². The van der Waals surface area contributed by atoms with Crippen LogP contribution in [0.4, 0.5) is 0 Å². The second-order valence-corrected chi connectivity index (χ2v) is 6.34. The van der Waals surface area contributed by atoms with Gasteiger partial charge in [0.15, 0.2) is 12.2 Å². The molecule has 0 aliphatic rings. The smallest absolute Gasteiger partial charge is 0.419 e. The van der Waals surface area contributed by atoms with E-state index in [2.05, 4.69) is 10.9 Å². The van der Waals surface area contributed by atoms with Crippen molar-refractivity contribution in [2.24, 2.45) is 0 Å². The van der Waals surface area contributed by atoms with Crippen molar-refractivity contribution >= 4 is 22.9 Å². The number of aryl methyl sites for hydroxylation is 3. The molecule has 2 aromatic carbocycles. The minimum absolute atomic E-state index is 0.00146. The molecule has 0 spiro atoms. The summed E-state index contributed by atoms with van der Waals surface area (Å²) in [6.07, 6.45) is 0.00146. The largest absolute Gasteiger partial charge is 0.483 e. The van der Waals surface area contributed by atoms with Gasteiger partial charge in [-0.3, -0.25) is 25.0 Å². The maximum absolute atomic E-state index is 12.0. The van der Waals surface area contributed by atoms with Gasteiger partial charge in [0.25, 0.3) is 5.91 Å². The molecule has 0 aliphatic heterocycles. The average Bonchev–Trinajstić information content (AvgIpc) is 2.99. The van der Waals surface area contributed by atoms with Gasteiger partial charge in [-0.1, -0.05) is 30.3 Å². The fraction of sp³-hybridized carbons (Fsp3) is 0.250. The van der Waals surface area contributed by atoms with Crippen LogP contribution in [0.15, 0.2) is 51.7 Å². The number of benzene rings is 2. The number of amides is 2. The zero-order chi connectivity index (χ0) is 20.1. The van der Waals surface area contributed by atoms with Crippen LogP contribution in [0.5, 0.6) is 5.75 Å². The summed E-state index contributed by atoms with van der Waals surface area (Å²) >= 11 is 0. The van der Waals surface area contributed by atoms with Crippen LogP contribution >= 0.6 is 0 Å². The zero-order valence-corrected chi connectivity index (χ0v) is 15.7. The second-order valence-electron chi connectivity index (χ2n) is 6.34. The molecule has 1 heterocycles. The van der Waals surface area contributed by atoms with Crippen molar-refractivity contribution in [1.82, 2.24) is 15.4 Å². The van der Waals surface area contributed by atoms with E-state index in [1.807, 2.05) is 32.0 Å². The number of hydrazine groups is 1. The minimum atomic E-state index is -0.528. The van der Waals surface area contributed by atoms with E-state index < -0.39 is 17.6 Å². The van der Waals surface area contributed by atoms with Gasteiger partial charge in [0, 0.05) is 13.0 Å². The van der Waals surface area contributed by atoms with Crippen LogP contribution in [0.3, 0.4) is 0 Å². The van der Waals surface area contributed by atoms with E-state index in [9.17, 15) is 14.4 Å². The predicted molar refractivity (Wildman–Crippen MR) is 103 cm³/mol. The summed E-state index contributed by atoms with van der Waals surface area (Å²) < 4.78 is 12.0. The third-order valence-corrected chi connectivity index (χ3v) is 4.23. The van der Waals surface area contributed by atoms with Gasteiger partial charge >= 0.3 is 5.76 Å². The van der Waals surface area contributed by atoms with Crippen molar-refractivity contribution in [2.75, 3.05) is 6.61 Å². The normalized spacial score (nSPS) is 10.6. The highest BCUT2D eigenvalue weighted by Crippen LogP contribution is 2.21. The molecule has 146 valence electrons. The van der Waals surface area contributed by atoms with Crippen molar-refractivity contribution in [3.63, 3.8) is 0 Å². The summed E-state index contributed by atoms with van der Waals surface area (Å²) in [4.78, 5) is 35.7. The highest BCUT2D eigenvalue weighted by Gasteiger charge is 2.12. The van der Waals surface area contributed by atoms with E-state index in [1.165, 1.54) is 4.57 Å². The highest BCUT2D eigenvalue weighted by molar-refractivity contribution is 5.83. The number of para-hydroxylation sites is 3. The fourth-order valence-corrected chi connectivity index (χ4v) is 2.84. The fourth-order valence-electron chi connectivity index (χ4n) is 2.84. The maximum Gasteiger partial charge on any atom is 0.419 e. The molecule has 28 heavy (non-hydrogen) atoms. The lowest BCUT2D eigenvalue weighted by Crippen LogP contribution is -2.44. The Bertz CT molecular complexity index is 1050. The number of nitrogens with one attached hydrogen (secondary N) is 2. The monoisotopic (exact) mass is 383 g/mol. The number of oxazole rings is 1. The molecule has 3 rings (SSSR count). The Morgan fingerprint density at radius 1 is 1.00 bits per heavy atom. The van der Waals surface area contributed by atoms with E-state index in [-0.39, 0.29) is 19.6 Å². The van der Waals surface area contributed by atoms with Crippen molar-refractivity contribution in [3.05, 3.63) is 64.1 Å². The van der Waals surface area contributed by atoms with Crippen LogP contribution < -0.4 is 21.3 Å². The molecule has 8 nitrogen and oxygen atoms in total. The van der Waals surface area contributed by atoms with E-state index in [1.54, 1.807) is 24.3 Å². The Labute approximate surface area is 161 Å². The predicted octanol–water partition coefficient (Wildman–Crippen LogP) is 1.83. The number of hydrogen-bond donors (Lipinski definition) is 2. The number of hydrogen-bond acceptors (Lipinski definition) is 5. The first-order valence-electron chi connectivity index (χ1n) is 8.81. The van der Waals surface area contributed by atoms with Gasteiger partial charge in [0.05, 0.1) is 5.52 Å². The minimum Gasteiger partial charge on any atom is -0.483 e. The number of carbonyl (C=O) groups excluding carboxylic acids is 2. The Kier molecular flexibility index (Phi) is 5.78. The first-order valence-corrected chi connectivity index (χ1v) is 8.81. The van der Waals surface area contributed by atoms with Crippen molar-refractivity contribution in [1.29, 1.82) is 0 Å². The Morgan fingerprint density at radius 3 is 2.43 bits per heavy atom. The van der Waals surface area contributed by atoms with E-state index >= 15 is 0 Å². The summed E-state index contributed by atoms with van der Waals surface area (Å²) in [5, 5.41) is 0. The summed E-state index contributed by atoms with van der Waals surface area (Å²) in [5.74, 6) is -0.797. The maximum atomic E-state index is 12.0. The molecule has 1 aromatic heterocycles. The number of fused-ring (bicyclic) bond motifs is 1. The summed E-state index contributed by atoms with van der Waals surface area (Å²) in [6, 6.07) is 12.7. The quantitative estimate of drug-likeness (QED) is 0.632. The van der Waals surface area contributed by atoms with E-state index in [0.29, 0.717) is 16.8 Å². The first kappa shape index (κ1) is 19.2. The van der Waals surface area contributed by atoms with Gasteiger partial charge in [-0.05, 0) is 37.1 Å². The Morgan fingerprint density at radius 2 is 1.68 bits per heavy atom. The standard InChI is InChI=1S/C20H21N3O5/c1-13-6-5-7-14(2)19(13)27-12-18(25)22-21-17(24)10-11-23-15-8-3-4-9-16(15)28-20(23)26/h3-9H,10-12H2,1-2H3,(H,21,24)(H,22,25). The molecule has 0 fully saturated rings. The number of aromatic nitrogens is 1. The molecule has 0 bridgehead atoms. The van der Waals surface area contributed by atoms with E-state index in [4.69, 9.17) is 9.15 Å². The molecule has 0 aliphatic carbocycles. The zero-order valence-electron chi connectivity index (χ0n) is 15.7. The second kappa shape index (κ2) is 8.43.